The van der Waals surface area contributed by atoms with E-state index in [1.807, 2.05) is 34.9 Å². The molecule has 0 saturated carbocycles. The molecule has 1 amide bonds. The van der Waals surface area contributed by atoms with Gasteiger partial charge in [0, 0.05) is 16.4 Å². The molecule has 0 unspecified atom stereocenters. The van der Waals surface area contributed by atoms with Crippen LogP contribution in [0.15, 0.2) is 59.8 Å². The number of benzene rings is 2. The lowest BCUT2D eigenvalue weighted by molar-refractivity contribution is -0.890. The largest absolute Gasteiger partial charge is 0.331 e. The number of amides is 1. The van der Waals surface area contributed by atoms with Crippen molar-refractivity contribution in [3.8, 4) is 5.69 Å². The first-order valence-electron chi connectivity index (χ1n) is 8.94. The maximum Gasteiger partial charge on any atom is 0.234 e. The topological polar surface area (TPSA) is 64.2 Å². The number of anilines is 1. The fourth-order valence-corrected chi connectivity index (χ4v) is 3.48. The van der Waals surface area contributed by atoms with Gasteiger partial charge in [-0.2, -0.15) is 0 Å². The predicted octanol–water partition coefficient (Wildman–Crippen LogP) is 2.86. The Kier molecular flexibility index (Phi) is 6.72. The third-order valence-corrected chi connectivity index (χ3v) is 5.57. The van der Waals surface area contributed by atoms with Crippen molar-refractivity contribution in [2.75, 3.05) is 25.2 Å². The molecule has 0 saturated heterocycles. The van der Waals surface area contributed by atoms with E-state index < -0.39 is 0 Å². The molecule has 3 rings (SSSR count). The van der Waals surface area contributed by atoms with Gasteiger partial charge in [-0.15, -0.1) is 10.2 Å². The van der Waals surface area contributed by atoms with Gasteiger partial charge >= 0.3 is 0 Å². The normalized spacial score (nSPS) is 12.2. The van der Waals surface area contributed by atoms with E-state index in [0.29, 0.717) is 15.9 Å². The van der Waals surface area contributed by atoms with Gasteiger partial charge in [0.25, 0.3) is 0 Å². The zero-order valence-corrected chi connectivity index (χ0v) is 17.6. The first-order chi connectivity index (χ1) is 13.5. The van der Waals surface area contributed by atoms with Crippen LogP contribution >= 0.6 is 23.4 Å². The lowest BCUT2D eigenvalue weighted by atomic mass is 10.2. The standard InChI is InChI=1S/C20H22ClN5OS/c1-14(25(2)3)19-23-24-20(26(19)17-7-5-4-6-8-17)28-13-18(27)22-16-11-9-15(21)10-12-16/h4-12,14H,13H2,1-3H3,(H,22,27)/p+1/t14-/m1/s1. The minimum atomic E-state index is -0.109. The van der Waals surface area contributed by atoms with E-state index in [0.717, 1.165) is 11.5 Å². The highest BCUT2D eigenvalue weighted by Gasteiger charge is 2.23. The monoisotopic (exact) mass is 416 g/mol. The smallest absolute Gasteiger partial charge is 0.234 e. The second-order valence-electron chi connectivity index (χ2n) is 6.65. The average Bonchev–Trinajstić information content (AvgIpc) is 3.12. The van der Waals surface area contributed by atoms with Gasteiger partial charge in [-0.05, 0) is 43.3 Å². The van der Waals surface area contributed by atoms with Crippen LogP contribution in [0, 0.1) is 0 Å². The Morgan fingerprint density at radius 1 is 1.14 bits per heavy atom. The summed E-state index contributed by atoms with van der Waals surface area (Å²) < 4.78 is 2.03. The maximum atomic E-state index is 12.3. The fourth-order valence-electron chi connectivity index (χ4n) is 2.59. The molecule has 0 fully saturated rings. The highest BCUT2D eigenvalue weighted by atomic mass is 35.5. The van der Waals surface area contributed by atoms with Crippen LogP contribution in [0.2, 0.25) is 5.02 Å². The molecule has 0 radical (unpaired) electrons. The van der Waals surface area contributed by atoms with Crippen molar-refractivity contribution in [1.82, 2.24) is 14.8 Å². The van der Waals surface area contributed by atoms with Crippen LogP contribution in [0.5, 0.6) is 0 Å². The van der Waals surface area contributed by atoms with Crippen molar-refractivity contribution < 1.29 is 9.69 Å². The molecule has 1 aromatic heterocycles. The van der Waals surface area contributed by atoms with Crippen molar-refractivity contribution >= 4 is 35.0 Å². The molecule has 0 aliphatic rings. The van der Waals surface area contributed by atoms with Crippen molar-refractivity contribution in [2.24, 2.45) is 0 Å². The number of rotatable bonds is 7. The summed E-state index contributed by atoms with van der Waals surface area (Å²) in [4.78, 5) is 13.6. The van der Waals surface area contributed by atoms with E-state index in [9.17, 15) is 4.79 Å². The summed E-state index contributed by atoms with van der Waals surface area (Å²) in [7, 11) is 4.17. The SMILES string of the molecule is C[C@H](c1nnc(SCC(=O)Nc2ccc(Cl)cc2)n1-c1ccccc1)[NH+](C)C. The van der Waals surface area contributed by atoms with E-state index in [4.69, 9.17) is 11.6 Å². The molecule has 6 nitrogen and oxygen atoms in total. The molecule has 8 heteroatoms. The second-order valence-corrected chi connectivity index (χ2v) is 8.03. The number of hydrogen-bond acceptors (Lipinski definition) is 4. The quantitative estimate of drug-likeness (QED) is 0.581. The molecule has 0 bridgehead atoms. The van der Waals surface area contributed by atoms with Gasteiger partial charge < -0.3 is 10.2 Å². The number of nitrogens with zero attached hydrogens (tertiary/aromatic N) is 3. The molecule has 28 heavy (non-hydrogen) atoms. The Hall–Kier alpha value is -2.35. The van der Waals surface area contributed by atoms with E-state index in [2.05, 4.69) is 36.5 Å². The van der Waals surface area contributed by atoms with E-state index in [-0.39, 0.29) is 17.7 Å². The highest BCUT2D eigenvalue weighted by Crippen LogP contribution is 2.24. The number of aromatic nitrogens is 3. The number of carbonyl (C=O) groups is 1. The third kappa shape index (κ3) is 4.92. The van der Waals surface area contributed by atoms with Gasteiger partial charge in [-0.1, -0.05) is 41.6 Å². The van der Waals surface area contributed by atoms with Crippen molar-refractivity contribution in [2.45, 2.75) is 18.1 Å². The van der Waals surface area contributed by atoms with Gasteiger partial charge in [0.2, 0.25) is 5.91 Å². The van der Waals surface area contributed by atoms with Crippen LogP contribution in [-0.4, -0.2) is 40.5 Å². The number of thioether (sulfide) groups is 1. The molecule has 1 heterocycles. The number of quaternary nitrogens is 1. The van der Waals surface area contributed by atoms with E-state index >= 15 is 0 Å². The van der Waals surface area contributed by atoms with Crippen LogP contribution < -0.4 is 10.2 Å². The average molecular weight is 417 g/mol. The Morgan fingerprint density at radius 3 is 2.46 bits per heavy atom. The molecule has 0 aliphatic heterocycles. The number of carbonyl (C=O) groups excluding carboxylic acids is 1. The Bertz CT molecular complexity index is 928. The zero-order chi connectivity index (χ0) is 20.1. The first kappa shape index (κ1) is 20.4. The molecule has 1 atom stereocenters. The molecule has 0 aliphatic carbocycles. The Balaban J connectivity index is 1.78. The van der Waals surface area contributed by atoms with Gasteiger partial charge in [0.15, 0.2) is 11.0 Å². The summed E-state index contributed by atoms with van der Waals surface area (Å²) in [5, 5.41) is 13.0. The number of para-hydroxylation sites is 1. The Morgan fingerprint density at radius 2 is 1.82 bits per heavy atom. The van der Waals surface area contributed by atoms with Gasteiger partial charge in [-0.25, -0.2) is 0 Å². The lowest BCUT2D eigenvalue weighted by Crippen LogP contribution is -3.05. The van der Waals surface area contributed by atoms with Crippen LogP contribution in [0.3, 0.4) is 0 Å². The molecule has 0 spiro atoms. The van der Waals surface area contributed by atoms with Crippen molar-refractivity contribution in [1.29, 1.82) is 0 Å². The summed E-state index contributed by atoms with van der Waals surface area (Å²) in [6.45, 7) is 2.11. The van der Waals surface area contributed by atoms with E-state index in [1.54, 1.807) is 24.3 Å². The zero-order valence-electron chi connectivity index (χ0n) is 16.0. The van der Waals surface area contributed by atoms with Crippen LogP contribution in [0.1, 0.15) is 18.8 Å². The first-order valence-corrected chi connectivity index (χ1v) is 10.3. The summed E-state index contributed by atoms with van der Waals surface area (Å²) in [6, 6.07) is 17.2. The number of hydrogen-bond donors (Lipinski definition) is 2. The maximum absolute atomic E-state index is 12.3. The summed E-state index contributed by atoms with van der Waals surface area (Å²) >= 11 is 7.24. The fraction of sp³-hybridized carbons (Fsp3) is 0.250. The van der Waals surface area contributed by atoms with Gasteiger partial charge in [0.1, 0.15) is 6.04 Å². The number of nitrogens with one attached hydrogen (secondary N) is 2. The second kappa shape index (κ2) is 9.23. The predicted molar refractivity (Wildman–Crippen MR) is 113 cm³/mol. The Labute approximate surface area is 173 Å². The summed E-state index contributed by atoms with van der Waals surface area (Å²) in [5.41, 5.74) is 1.70. The summed E-state index contributed by atoms with van der Waals surface area (Å²) in [6.07, 6.45) is 0. The molecular weight excluding hydrogens is 394 g/mol. The third-order valence-electron chi connectivity index (χ3n) is 4.39. The highest BCUT2D eigenvalue weighted by molar-refractivity contribution is 7.99. The van der Waals surface area contributed by atoms with Gasteiger partial charge in [-0.3, -0.25) is 9.36 Å². The minimum absolute atomic E-state index is 0.109. The van der Waals surface area contributed by atoms with Crippen LogP contribution in [0.25, 0.3) is 5.69 Å². The summed E-state index contributed by atoms with van der Waals surface area (Å²) in [5.74, 6) is 0.992. The van der Waals surface area contributed by atoms with Crippen molar-refractivity contribution in [3.05, 3.63) is 65.4 Å². The van der Waals surface area contributed by atoms with Crippen LogP contribution in [-0.2, 0) is 4.79 Å². The van der Waals surface area contributed by atoms with E-state index in [1.165, 1.54) is 16.7 Å². The lowest BCUT2D eigenvalue weighted by Gasteiger charge is -2.18. The van der Waals surface area contributed by atoms with Gasteiger partial charge in [0.05, 0.1) is 19.8 Å². The molecular formula is C20H23ClN5OS+. The van der Waals surface area contributed by atoms with Crippen molar-refractivity contribution in [3.63, 3.8) is 0 Å². The molecule has 146 valence electrons. The number of halogens is 1. The molecule has 2 aromatic carbocycles. The molecule has 2 N–H and O–H groups in total. The molecule has 3 aromatic rings. The van der Waals surface area contributed by atoms with Crippen LogP contribution in [0.4, 0.5) is 5.69 Å². The minimum Gasteiger partial charge on any atom is -0.331 e.